The number of piperazine rings is 1. The fraction of sp³-hybridized carbons (Fsp3) is 0.333. The molecule has 6 heteroatoms. The predicted molar refractivity (Wildman–Crippen MR) is 67.4 cm³/mol. The Bertz CT molecular complexity index is 494. The SMILES string of the molecule is N#CC1CNCCN1C(=O)c1cc(F)cc(Br)c1. The number of rotatable bonds is 1. The van der Waals surface area contributed by atoms with E-state index < -0.39 is 11.9 Å². The van der Waals surface area contributed by atoms with Gasteiger partial charge in [0.05, 0.1) is 6.07 Å². The summed E-state index contributed by atoms with van der Waals surface area (Å²) in [6.07, 6.45) is 0. The molecule has 0 bridgehead atoms. The summed E-state index contributed by atoms with van der Waals surface area (Å²) >= 11 is 3.15. The van der Waals surface area contributed by atoms with Crippen LogP contribution in [-0.4, -0.2) is 36.5 Å². The van der Waals surface area contributed by atoms with E-state index in [1.807, 2.05) is 0 Å². The summed E-state index contributed by atoms with van der Waals surface area (Å²) in [7, 11) is 0. The van der Waals surface area contributed by atoms with Gasteiger partial charge in [-0.15, -0.1) is 0 Å². The minimum Gasteiger partial charge on any atom is -0.320 e. The molecule has 1 amide bonds. The molecule has 18 heavy (non-hydrogen) atoms. The smallest absolute Gasteiger partial charge is 0.255 e. The number of hydrogen-bond donors (Lipinski definition) is 1. The zero-order valence-electron chi connectivity index (χ0n) is 9.49. The molecule has 1 fully saturated rings. The van der Waals surface area contributed by atoms with Gasteiger partial charge in [-0.25, -0.2) is 4.39 Å². The van der Waals surface area contributed by atoms with Crippen molar-refractivity contribution in [3.63, 3.8) is 0 Å². The number of nitrogens with zero attached hydrogens (tertiary/aromatic N) is 2. The maximum absolute atomic E-state index is 13.3. The van der Waals surface area contributed by atoms with E-state index in [0.717, 1.165) is 0 Å². The monoisotopic (exact) mass is 311 g/mol. The number of carbonyl (C=O) groups is 1. The maximum atomic E-state index is 13.3. The van der Waals surface area contributed by atoms with Gasteiger partial charge in [0.1, 0.15) is 11.9 Å². The van der Waals surface area contributed by atoms with Gasteiger partial charge in [0, 0.05) is 29.7 Å². The molecule has 94 valence electrons. The minimum absolute atomic E-state index is 0.254. The molecule has 1 aromatic carbocycles. The van der Waals surface area contributed by atoms with E-state index in [2.05, 4.69) is 27.3 Å². The van der Waals surface area contributed by atoms with Gasteiger partial charge in [-0.1, -0.05) is 15.9 Å². The highest BCUT2D eigenvalue weighted by Gasteiger charge is 2.27. The first-order valence-corrected chi connectivity index (χ1v) is 6.28. The van der Waals surface area contributed by atoms with Crippen molar-refractivity contribution in [2.75, 3.05) is 19.6 Å². The summed E-state index contributed by atoms with van der Waals surface area (Å²) in [5.74, 6) is -0.792. The van der Waals surface area contributed by atoms with Crippen LogP contribution in [0.5, 0.6) is 0 Å². The standard InChI is InChI=1S/C12H11BrFN3O/c13-9-3-8(4-10(14)5-9)12(18)17-2-1-16-7-11(17)6-15/h3-5,11,16H,1-2,7H2. The van der Waals surface area contributed by atoms with Crippen LogP contribution in [0.1, 0.15) is 10.4 Å². The Morgan fingerprint density at radius 2 is 2.33 bits per heavy atom. The second kappa shape index (κ2) is 5.46. The highest BCUT2D eigenvalue weighted by atomic mass is 79.9. The second-order valence-electron chi connectivity index (χ2n) is 4.01. The fourth-order valence-electron chi connectivity index (χ4n) is 1.91. The molecule has 1 aliphatic rings. The van der Waals surface area contributed by atoms with Crippen LogP contribution in [0, 0.1) is 17.1 Å². The largest absolute Gasteiger partial charge is 0.320 e. The first-order valence-electron chi connectivity index (χ1n) is 5.49. The van der Waals surface area contributed by atoms with E-state index in [1.54, 1.807) is 6.07 Å². The van der Waals surface area contributed by atoms with Gasteiger partial charge in [-0.3, -0.25) is 4.79 Å². The molecule has 1 heterocycles. The van der Waals surface area contributed by atoms with E-state index in [-0.39, 0.29) is 11.5 Å². The molecule has 1 aromatic rings. The van der Waals surface area contributed by atoms with Crippen molar-refractivity contribution >= 4 is 21.8 Å². The highest BCUT2D eigenvalue weighted by molar-refractivity contribution is 9.10. The summed E-state index contributed by atoms with van der Waals surface area (Å²) in [6, 6.07) is 5.59. The number of nitriles is 1. The fourth-order valence-corrected chi connectivity index (χ4v) is 2.37. The summed E-state index contributed by atoms with van der Waals surface area (Å²) in [5, 5.41) is 12.0. The van der Waals surface area contributed by atoms with E-state index in [9.17, 15) is 9.18 Å². The van der Waals surface area contributed by atoms with Crippen LogP contribution in [0.15, 0.2) is 22.7 Å². The number of hydrogen-bond acceptors (Lipinski definition) is 3. The van der Waals surface area contributed by atoms with Crippen LogP contribution < -0.4 is 5.32 Å². The van der Waals surface area contributed by atoms with Crippen molar-refractivity contribution in [3.05, 3.63) is 34.1 Å². The number of amides is 1. The molecule has 4 nitrogen and oxygen atoms in total. The number of nitrogens with one attached hydrogen (secondary N) is 1. The Balaban J connectivity index is 2.27. The number of carbonyl (C=O) groups excluding carboxylic acids is 1. The van der Waals surface area contributed by atoms with Gasteiger partial charge in [-0.05, 0) is 18.2 Å². The van der Waals surface area contributed by atoms with Crippen LogP contribution in [0.2, 0.25) is 0 Å². The van der Waals surface area contributed by atoms with E-state index >= 15 is 0 Å². The molecule has 0 spiro atoms. The first-order chi connectivity index (χ1) is 8.61. The molecular weight excluding hydrogens is 301 g/mol. The van der Waals surface area contributed by atoms with Gasteiger partial charge in [0.2, 0.25) is 0 Å². The first kappa shape index (κ1) is 13.0. The topological polar surface area (TPSA) is 56.1 Å². The number of benzene rings is 1. The summed E-state index contributed by atoms with van der Waals surface area (Å²) in [5.41, 5.74) is 0.254. The highest BCUT2D eigenvalue weighted by Crippen LogP contribution is 2.17. The van der Waals surface area contributed by atoms with Crippen molar-refractivity contribution in [2.24, 2.45) is 0 Å². The normalized spacial score (nSPS) is 19.4. The average molecular weight is 312 g/mol. The lowest BCUT2D eigenvalue weighted by molar-refractivity contribution is 0.0686. The van der Waals surface area contributed by atoms with Crippen molar-refractivity contribution in [2.45, 2.75) is 6.04 Å². The van der Waals surface area contributed by atoms with Crippen LogP contribution in [0.3, 0.4) is 0 Å². The molecule has 1 aliphatic heterocycles. The van der Waals surface area contributed by atoms with E-state index in [4.69, 9.17) is 5.26 Å². The molecule has 1 unspecified atom stereocenters. The quantitative estimate of drug-likeness (QED) is 0.855. The Hall–Kier alpha value is -1.45. The van der Waals surface area contributed by atoms with Crippen LogP contribution in [-0.2, 0) is 0 Å². The van der Waals surface area contributed by atoms with Gasteiger partial charge in [0.15, 0.2) is 0 Å². The van der Waals surface area contributed by atoms with Crippen LogP contribution in [0.4, 0.5) is 4.39 Å². The Labute approximate surface area is 113 Å². The molecule has 1 atom stereocenters. The molecule has 0 aliphatic carbocycles. The van der Waals surface area contributed by atoms with Crippen LogP contribution >= 0.6 is 15.9 Å². The van der Waals surface area contributed by atoms with E-state index in [1.165, 1.54) is 17.0 Å². The third-order valence-electron chi connectivity index (χ3n) is 2.76. The molecule has 2 rings (SSSR count). The third-order valence-corrected chi connectivity index (χ3v) is 3.22. The summed E-state index contributed by atoms with van der Waals surface area (Å²) in [4.78, 5) is 13.7. The lowest BCUT2D eigenvalue weighted by Gasteiger charge is -2.32. The number of halogens is 2. The van der Waals surface area contributed by atoms with Crippen molar-refractivity contribution < 1.29 is 9.18 Å². The van der Waals surface area contributed by atoms with Crippen molar-refractivity contribution in [1.29, 1.82) is 5.26 Å². The molecule has 0 aromatic heterocycles. The molecule has 0 saturated carbocycles. The summed E-state index contributed by atoms with van der Waals surface area (Å²) in [6.45, 7) is 1.53. The molecule has 1 N–H and O–H groups in total. The van der Waals surface area contributed by atoms with E-state index in [0.29, 0.717) is 24.1 Å². The lowest BCUT2D eigenvalue weighted by atomic mass is 10.1. The van der Waals surface area contributed by atoms with Crippen LogP contribution in [0.25, 0.3) is 0 Å². The zero-order chi connectivity index (χ0) is 13.1. The summed E-state index contributed by atoms with van der Waals surface area (Å²) < 4.78 is 13.8. The lowest BCUT2D eigenvalue weighted by Crippen LogP contribution is -2.53. The van der Waals surface area contributed by atoms with Crippen molar-refractivity contribution in [1.82, 2.24) is 10.2 Å². The third kappa shape index (κ3) is 2.68. The Morgan fingerprint density at radius 3 is 3.00 bits per heavy atom. The molecule has 0 radical (unpaired) electrons. The zero-order valence-corrected chi connectivity index (χ0v) is 11.1. The maximum Gasteiger partial charge on any atom is 0.255 e. The van der Waals surface area contributed by atoms with Gasteiger partial charge >= 0.3 is 0 Å². The van der Waals surface area contributed by atoms with Gasteiger partial charge < -0.3 is 10.2 Å². The predicted octanol–water partition coefficient (Wildman–Crippen LogP) is 1.53. The minimum atomic E-state index is -0.506. The second-order valence-corrected chi connectivity index (χ2v) is 4.92. The molecular formula is C12H11BrFN3O. The Morgan fingerprint density at radius 1 is 1.56 bits per heavy atom. The van der Waals surface area contributed by atoms with Crippen molar-refractivity contribution in [3.8, 4) is 6.07 Å². The Kier molecular flexibility index (Phi) is 3.94. The van der Waals surface area contributed by atoms with Gasteiger partial charge in [-0.2, -0.15) is 5.26 Å². The average Bonchev–Trinajstić information content (AvgIpc) is 2.36. The molecule has 1 saturated heterocycles. The van der Waals surface area contributed by atoms with Gasteiger partial charge in [0.25, 0.3) is 5.91 Å².